The van der Waals surface area contributed by atoms with E-state index < -0.39 is 0 Å². The van der Waals surface area contributed by atoms with Crippen molar-refractivity contribution in [3.8, 4) is 0 Å². The maximum absolute atomic E-state index is 12.8. The van der Waals surface area contributed by atoms with Crippen LogP contribution in [-0.2, 0) is 0 Å². The van der Waals surface area contributed by atoms with Crippen LogP contribution in [0.5, 0.6) is 0 Å². The molecule has 25 heavy (non-hydrogen) atoms. The third kappa shape index (κ3) is 3.39. The summed E-state index contributed by atoms with van der Waals surface area (Å²) in [6.45, 7) is 1.95. The van der Waals surface area contributed by atoms with E-state index in [-0.39, 0.29) is 12.5 Å². The number of anilines is 2. The van der Waals surface area contributed by atoms with Crippen molar-refractivity contribution in [2.45, 2.75) is 31.6 Å². The monoisotopic (exact) mass is 340 g/mol. The second-order valence-electron chi connectivity index (χ2n) is 7.02. The van der Waals surface area contributed by atoms with Crippen LogP contribution >= 0.6 is 0 Å². The molecule has 2 aromatic heterocycles. The second-order valence-corrected chi connectivity index (χ2v) is 7.02. The molecule has 0 unspecified atom stereocenters. The van der Waals surface area contributed by atoms with Gasteiger partial charge in [-0.15, -0.1) is 0 Å². The van der Waals surface area contributed by atoms with Crippen LogP contribution < -0.4 is 10.2 Å². The topological polar surface area (TPSA) is 81.2 Å². The molecule has 0 aromatic carbocycles. The molecule has 3 N–H and O–H groups in total. The van der Waals surface area contributed by atoms with Crippen molar-refractivity contribution in [1.29, 1.82) is 0 Å². The van der Waals surface area contributed by atoms with Crippen molar-refractivity contribution in [3.05, 3.63) is 41.9 Å². The van der Waals surface area contributed by atoms with E-state index in [0.717, 1.165) is 61.5 Å². The fourth-order valence-corrected chi connectivity index (χ4v) is 3.55. The minimum atomic E-state index is -0.0809. The van der Waals surface area contributed by atoms with Crippen molar-refractivity contribution < 1.29 is 9.90 Å². The Morgan fingerprint density at radius 3 is 2.80 bits per heavy atom. The summed E-state index contributed by atoms with van der Waals surface area (Å²) in [7, 11) is 0. The van der Waals surface area contributed by atoms with Crippen molar-refractivity contribution in [2.24, 2.45) is 5.92 Å². The van der Waals surface area contributed by atoms with Crippen LogP contribution in [0.25, 0.3) is 0 Å². The Kier molecular flexibility index (Phi) is 4.44. The summed E-state index contributed by atoms with van der Waals surface area (Å²) >= 11 is 0. The van der Waals surface area contributed by atoms with Gasteiger partial charge in [0.05, 0.1) is 11.3 Å². The number of H-pyrrole nitrogens is 1. The van der Waals surface area contributed by atoms with E-state index in [1.807, 2.05) is 24.4 Å². The number of aliphatic hydroxyl groups is 1. The Morgan fingerprint density at radius 1 is 1.28 bits per heavy atom. The zero-order valence-corrected chi connectivity index (χ0v) is 14.2. The first kappa shape index (κ1) is 16.1. The quantitative estimate of drug-likeness (QED) is 0.782. The van der Waals surface area contributed by atoms with E-state index in [1.54, 1.807) is 6.20 Å². The third-order valence-electron chi connectivity index (χ3n) is 5.22. The van der Waals surface area contributed by atoms with Crippen LogP contribution in [0.2, 0.25) is 0 Å². The predicted molar refractivity (Wildman–Crippen MR) is 97.0 cm³/mol. The van der Waals surface area contributed by atoms with Crippen molar-refractivity contribution in [1.82, 2.24) is 9.97 Å². The zero-order chi connectivity index (χ0) is 17.2. The van der Waals surface area contributed by atoms with Gasteiger partial charge in [0.1, 0.15) is 0 Å². The Hall–Kier alpha value is -2.34. The number of piperidine rings is 1. The SMILES string of the molecule is O=C(Nc1cccnc1N1CCC(CO)CC1)c1cc[nH]c1C1CC1. The van der Waals surface area contributed by atoms with Crippen LogP contribution in [0, 0.1) is 5.92 Å². The number of amides is 1. The van der Waals surface area contributed by atoms with Gasteiger partial charge in [-0.05, 0) is 55.7 Å². The third-order valence-corrected chi connectivity index (χ3v) is 5.22. The molecular weight excluding hydrogens is 316 g/mol. The standard InChI is InChI=1S/C19H24N4O2/c24-12-13-6-10-23(11-7-13)18-16(2-1-8-21-18)22-19(25)15-5-9-20-17(15)14-3-4-14/h1-2,5,8-9,13-14,20,24H,3-4,6-7,10-12H2,(H,22,25). The molecule has 1 saturated heterocycles. The lowest BCUT2D eigenvalue weighted by Gasteiger charge is -2.33. The number of hydrogen-bond acceptors (Lipinski definition) is 4. The van der Waals surface area contributed by atoms with Gasteiger partial charge in [0.15, 0.2) is 5.82 Å². The average Bonchev–Trinajstić information content (AvgIpc) is 3.38. The number of rotatable bonds is 5. The molecule has 1 aliphatic heterocycles. The molecule has 1 amide bonds. The number of carbonyl (C=O) groups excluding carboxylic acids is 1. The van der Waals surface area contributed by atoms with Crippen LogP contribution in [0.1, 0.15) is 47.7 Å². The summed E-state index contributed by atoms with van der Waals surface area (Å²) in [5.41, 5.74) is 2.53. The van der Waals surface area contributed by atoms with E-state index >= 15 is 0 Å². The Bertz CT molecular complexity index is 745. The van der Waals surface area contributed by atoms with Gasteiger partial charge in [-0.2, -0.15) is 0 Å². The number of carbonyl (C=O) groups is 1. The summed E-state index contributed by atoms with van der Waals surface area (Å²) < 4.78 is 0. The highest BCUT2D eigenvalue weighted by atomic mass is 16.3. The molecule has 132 valence electrons. The van der Waals surface area contributed by atoms with Gasteiger partial charge < -0.3 is 20.3 Å². The number of aromatic nitrogens is 2. The largest absolute Gasteiger partial charge is 0.396 e. The normalized spacial score (nSPS) is 18.4. The van der Waals surface area contributed by atoms with Crippen molar-refractivity contribution in [2.75, 3.05) is 29.9 Å². The molecule has 2 fully saturated rings. The maximum atomic E-state index is 12.8. The van der Waals surface area contributed by atoms with Crippen LogP contribution in [0.3, 0.4) is 0 Å². The fourth-order valence-electron chi connectivity index (χ4n) is 3.55. The highest BCUT2D eigenvalue weighted by Crippen LogP contribution is 2.41. The van der Waals surface area contributed by atoms with Gasteiger partial charge in [-0.1, -0.05) is 0 Å². The molecule has 6 heteroatoms. The first-order chi connectivity index (χ1) is 12.3. The van der Waals surface area contributed by atoms with Gasteiger partial charge in [0.2, 0.25) is 0 Å². The van der Waals surface area contributed by atoms with Gasteiger partial charge in [-0.25, -0.2) is 4.98 Å². The molecule has 6 nitrogen and oxygen atoms in total. The minimum Gasteiger partial charge on any atom is -0.396 e. The number of pyridine rings is 1. The molecule has 1 aliphatic carbocycles. The molecule has 3 heterocycles. The van der Waals surface area contributed by atoms with Gasteiger partial charge in [-0.3, -0.25) is 4.79 Å². The molecule has 2 aromatic rings. The average molecular weight is 340 g/mol. The molecule has 0 radical (unpaired) electrons. The van der Waals surface area contributed by atoms with Crippen molar-refractivity contribution in [3.63, 3.8) is 0 Å². The van der Waals surface area contributed by atoms with E-state index in [9.17, 15) is 9.90 Å². The van der Waals surface area contributed by atoms with E-state index in [0.29, 0.717) is 11.8 Å². The number of hydrogen-bond donors (Lipinski definition) is 3. The summed E-state index contributed by atoms with van der Waals surface area (Å²) in [5, 5.41) is 12.4. The number of aromatic amines is 1. The van der Waals surface area contributed by atoms with Gasteiger partial charge in [0, 0.05) is 37.8 Å². The van der Waals surface area contributed by atoms with Crippen molar-refractivity contribution >= 4 is 17.4 Å². The highest BCUT2D eigenvalue weighted by Gasteiger charge is 2.29. The number of nitrogens with zero attached hydrogens (tertiary/aromatic N) is 2. The molecule has 2 aliphatic rings. The Morgan fingerprint density at radius 2 is 2.08 bits per heavy atom. The maximum Gasteiger partial charge on any atom is 0.257 e. The summed E-state index contributed by atoms with van der Waals surface area (Å²) in [5.74, 6) is 1.61. The smallest absolute Gasteiger partial charge is 0.257 e. The summed E-state index contributed by atoms with van der Waals surface area (Å²) in [4.78, 5) is 22.7. The Labute approximate surface area is 147 Å². The lowest BCUT2D eigenvalue weighted by atomic mass is 9.98. The van der Waals surface area contributed by atoms with Crippen LogP contribution in [0.4, 0.5) is 11.5 Å². The summed E-state index contributed by atoms with van der Waals surface area (Å²) in [6.07, 6.45) is 7.80. The first-order valence-corrected chi connectivity index (χ1v) is 9.05. The molecular formula is C19H24N4O2. The van der Waals surface area contributed by atoms with E-state index in [4.69, 9.17) is 0 Å². The summed E-state index contributed by atoms with van der Waals surface area (Å²) in [6, 6.07) is 5.60. The van der Waals surface area contributed by atoms with Crippen LogP contribution in [-0.4, -0.2) is 40.7 Å². The predicted octanol–water partition coefficient (Wildman–Crippen LogP) is 2.75. The van der Waals surface area contributed by atoms with Crippen LogP contribution in [0.15, 0.2) is 30.6 Å². The fraction of sp³-hybridized carbons (Fsp3) is 0.474. The lowest BCUT2D eigenvalue weighted by molar-refractivity contribution is 0.102. The van der Waals surface area contributed by atoms with E-state index in [2.05, 4.69) is 20.2 Å². The number of nitrogens with one attached hydrogen (secondary N) is 2. The van der Waals surface area contributed by atoms with Gasteiger partial charge >= 0.3 is 0 Å². The highest BCUT2D eigenvalue weighted by molar-refractivity contribution is 6.06. The Balaban J connectivity index is 1.51. The molecule has 0 bridgehead atoms. The van der Waals surface area contributed by atoms with Gasteiger partial charge in [0.25, 0.3) is 5.91 Å². The zero-order valence-electron chi connectivity index (χ0n) is 14.2. The second kappa shape index (κ2) is 6.88. The molecule has 0 spiro atoms. The molecule has 0 atom stereocenters. The van der Waals surface area contributed by atoms with E-state index in [1.165, 1.54) is 0 Å². The number of aliphatic hydroxyl groups excluding tert-OH is 1. The minimum absolute atomic E-state index is 0.0809. The first-order valence-electron chi connectivity index (χ1n) is 9.05. The molecule has 4 rings (SSSR count). The lowest BCUT2D eigenvalue weighted by Crippen LogP contribution is -2.36. The molecule has 1 saturated carbocycles.